The van der Waals surface area contributed by atoms with Crippen LogP contribution in [-0.4, -0.2) is 61.3 Å². The van der Waals surface area contributed by atoms with E-state index in [2.05, 4.69) is 0 Å². The number of rotatable bonds is 5. The summed E-state index contributed by atoms with van der Waals surface area (Å²) >= 11 is 12.1. The van der Waals surface area contributed by atoms with Gasteiger partial charge in [0.25, 0.3) is 5.91 Å². The fraction of sp³-hybridized carbons (Fsp3) is 0.619. The number of esters is 1. The SMILES string of the molecule is C[C@H]1CCC[C@H](C)N1C(=O)COC(=O)C1CCN(S(=O)(=O)c2c(Cl)cccc2Cl)CC1. The minimum Gasteiger partial charge on any atom is -0.455 e. The van der Waals surface area contributed by atoms with Crippen LogP contribution in [0.1, 0.15) is 46.0 Å². The monoisotopic (exact) mass is 490 g/mol. The van der Waals surface area contributed by atoms with E-state index in [1.54, 1.807) is 11.0 Å². The molecule has 2 atom stereocenters. The maximum atomic E-state index is 12.9. The van der Waals surface area contributed by atoms with Crippen LogP contribution in [0.3, 0.4) is 0 Å². The Morgan fingerprint density at radius 1 is 1.03 bits per heavy atom. The van der Waals surface area contributed by atoms with E-state index in [9.17, 15) is 18.0 Å². The molecule has 0 saturated carbocycles. The van der Waals surface area contributed by atoms with Crippen LogP contribution >= 0.6 is 23.2 Å². The first-order valence-corrected chi connectivity index (χ1v) is 12.7. The maximum absolute atomic E-state index is 12.9. The highest BCUT2D eigenvalue weighted by molar-refractivity contribution is 7.89. The summed E-state index contributed by atoms with van der Waals surface area (Å²) in [4.78, 5) is 26.7. The molecule has 1 aromatic rings. The molecule has 31 heavy (non-hydrogen) atoms. The van der Waals surface area contributed by atoms with Crippen molar-refractivity contribution in [2.75, 3.05) is 19.7 Å². The zero-order valence-corrected chi connectivity index (χ0v) is 20.0. The van der Waals surface area contributed by atoms with Gasteiger partial charge < -0.3 is 9.64 Å². The summed E-state index contributed by atoms with van der Waals surface area (Å²) in [6.07, 6.45) is 3.61. The smallest absolute Gasteiger partial charge is 0.309 e. The van der Waals surface area contributed by atoms with Gasteiger partial charge in [0.2, 0.25) is 10.0 Å². The normalized spacial score (nSPS) is 23.5. The molecule has 2 aliphatic heterocycles. The molecular formula is C21H28Cl2N2O5S. The number of carbonyl (C=O) groups excluding carboxylic acids is 2. The summed E-state index contributed by atoms with van der Waals surface area (Å²) in [6.45, 7) is 4.05. The average molecular weight is 491 g/mol. The predicted molar refractivity (Wildman–Crippen MR) is 119 cm³/mol. The van der Waals surface area contributed by atoms with Gasteiger partial charge in [0, 0.05) is 25.2 Å². The summed E-state index contributed by atoms with van der Waals surface area (Å²) in [5.41, 5.74) is 0. The summed E-state index contributed by atoms with van der Waals surface area (Å²) in [5, 5.41) is 0.127. The van der Waals surface area contributed by atoms with Crippen molar-refractivity contribution in [3.05, 3.63) is 28.2 Å². The van der Waals surface area contributed by atoms with Crippen LogP contribution in [0.2, 0.25) is 10.0 Å². The van der Waals surface area contributed by atoms with Crippen molar-refractivity contribution >= 4 is 45.1 Å². The number of hydrogen-bond acceptors (Lipinski definition) is 5. The third-order valence-corrected chi connectivity index (χ3v) is 8.98. The summed E-state index contributed by atoms with van der Waals surface area (Å²) in [7, 11) is -3.87. The summed E-state index contributed by atoms with van der Waals surface area (Å²) in [5.74, 6) is -1.09. The van der Waals surface area contributed by atoms with Gasteiger partial charge in [0.05, 0.1) is 16.0 Å². The lowest BCUT2D eigenvalue weighted by Gasteiger charge is -2.39. The fourth-order valence-electron chi connectivity index (χ4n) is 4.43. The standard InChI is InChI=1S/C21H28Cl2N2O5S/c1-14-5-3-6-15(2)25(14)19(26)13-30-21(27)16-9-11-24(12-10-16)31(28,29)20-17(22)7-4-8-18(20)23/h4,7-8,14-16H,3,5-6,9-13H2,1-2H3/t14-,15-/m0/s1. The predicted octanol–water partition coefficient (Wildman–Crippen LogP) is 3.73. The number of sulfonamides is 1. The number of piperidine rings is 2. The Bertz CT molecular complexity index is 901. The van der Waals surface area contributed by atoms with Crippen molar-refractivity contribution in [1.29, 1.82) is 0 Å². The third kappa shape index (κ3) is 5.35. The van der Waals surface area contributed by atoms with E-state index in [-0.39, 0.29) is 52.6 Å². The second-order valence-corrected chi connectivity index (χ2v) is 11.0. The number of likely N-dealkylation sites (tertiary alicyclic amines) is 1. The van der Waals surface area contributed by atoms with Gasteiger partial charge in [-0.15, -0.1) is 0 Å². The number of amides is 1. The van der Waals surface area contributed by atoms with Crippen molar-refractivity contribution in [2.24, 2.45) is 5.92 Å². The van der Waals surface area contributed by atoms with Crippen LogP contribution in [0.5, 0.6) is 0 Å². The Morgan fingerprint density at radius 2 is 1.58 bits per heavy atom. The number of carbonyl (C=O) groups is 2. The molecule has 0 spiro atoms. The van der Waals surface area contributed by atoms with Gasteiger partial charge in [-0.1, -0.05) is 29.3 Å². The largest absolute Gasteiger partial charge is 0.455 e. The highest BCUT2D eigenvalue weighted by atomic mass is 35.5. The zero-order chi connectivity index (χ0) is 22.8. The van der Waals surface area contributed by atoms with Crippen LogP contribution in [-0.2, 0) is 24.3 Å². The van der Waals surface area contributed by atoms with Crippen molar-refractivity contribution in [3.63, 3.8) is 0 Å². The summed E-state index contributed by atoms with van der Waals surface area (Å²) in [6, 6.07) is 4.82. The molecule has 2 heterocycles. The minimum atomic E-state index is -3.87. The van der Waals surface area contributed by atoms with Crippen LogP contribution in [0.15, 0.2) is 23.1 Å². The lowest BCUT2D eigenvalue weighted by molar-refractivity contribution is -0.158. The van der Waals surface area contributed by atoms with Crippen LogP contribution in [0, 0.1) is 5.92 Å². The minimum absolute atomic E-state index is 0.0636. The quantitative estimate of drug-likeness (QED) is 0.587. The molecule has 0 radical (unpaired) electrons. The van der Waals surface area contributed by atoms with Crippen molar-refractivity contribution < 1.29 is 22.7 Å². The van der Waals surface area contributed by atoms with Gasteiger partial charge in [-0.05, 0) is 58.1 Å². The van der Waals surface area contributed by atoms with Gasteiger partial charge in [-0.25, -0.2) is 8.42 Å². The van der Waals surface area contributed by atoms with E-state index in [4.69, 9.17) is 27.9 Å². The molecule has 7 nitrogen and oxygen atoms in total. The topological polar surface area (TPSA) is 84.0 Å². The van der Waals surface area contributed by atoms with Gasteiger partial charge in [-0.2, -0.15) is 4.31 Å². The van der Waals surface area contributed by atoms with E-state index in [1.165, 1.54) is 16.4 Å². The number of hydrogen-bond donors (Lipinski definition) is 0. The first-order chi connectivity index (χ1) is 14.6. The van der Waals surface area contributed by atoms with E-state index in [1.807, 2.05) is 13.8 Å². The van der Waals surface area contributed by atoms with E-state index >= 15 is 0 Å². The van der Waals surface area contributed by atoms with Gasteiger partial charge in [0.15, 0.2) is 6.61 Å². The zero-order valence-electron chi connectivity index (χ0n) is 17.7. The Labute approximate surface area is 193 Å². The average Bonchev–Trinajstić information content (AvgIpc) is 2.71. The lowest BCUT2D eigenvalue weighted by Crippen LogP contribution is -2.49. The number of halogens is 2. The molecule has 0 bridgehead atoms. The second kappa shape index (κ2) is 10.1. The maximum Gasteiger partial charge on any atom is 0.309 e. The number of nitrogens with zero attached hydrogens (tertiary/aromatic N) is 2. The van der Waals surface area contributed by atoms with Crippen LogP contribution < -0.4 is 0 Å². The highest BCUT2D eigenvalue weighted by Gasteiger charge is 2.36. The molecule has 2 aliphatic rings. The Hall–Kier alpha value is -1.35. The molecular weight excluding hydrogens is 463 g/mol. The number of ether oxygens (including phenoxy) is 1. The Kier molecular flexibility index (Phi) is 7.89. The molecule has 1 amide bonds. The molecule has 172 valence electrons. The second-order valence-electron chi connectivity index (χ2n) is 8.27. The molecule has 0 aromatic heterocycles. The van der Waals surface area contributed by atoms with Crippen molar-refractivity contribution in [2.45, 2.75) is 62.9 Å². The fourth-order valence-corrected chi connectivity index (χ4v) is 6.99. The van der Waals surface area contributed by atoms with Gasteiger partial charge in [0.1, 0.15) is 4.90 Å². The molecule has 1 aromatic carbocycles. The molecule has 2 fully saturated rings. The molecule has 0 unspecified atom stereocenters. The molecule has 0 N–H and O–H groups in total. The van der Waals surface area contributed by atoms with E-state index < -0.39 is 21.9 Å². The lowest BCUT2D eigenvalue weighted by atomic mass is 9.97. The van der Waals surface area contributed by atoms with Crippen molar-refractivity contribution in [3.8, 4) is 0 Å². The molecule has 3 rings (SSSR count). The molecule has 10 heteroatoms. The van der Waals surface area contributed by atoms with Crippen molar-refractivity contribution in [1.82, 2.24) is 9.21 Å². The van der Waals surface area contributed by atoms with Crippen LogP contribution in [0.4, 0.5) is 0 Å². The van der Waals surface area contributed by atoms with Crippen LogP contribution in [0.25, 0.3) is 0 Å². The van der Waals surface area contributed by atoms with E-state index in [0.717, 1.165) is 19.3 Å². The van der Waals surface area contributed by atoms with E-state index in [0.29, 0.717) is 12.8 Å². The molecule has 2 saturated heterocycles. The Balaban J connectivity index is 1.55. The Morgan fingerprint density at radius 3 is 2.13 bits per heavy atom. The number of benzene rings is 1. The van der Waals surface area contributed by atoms with Gasteiger partial charge in [-0.3, -0.25) is 9.59 Å². The highest BCUT2D eigenvalue weighted by Crippen LogP contribution is 2.33. The van der Waals surface area contributed by atoms with Gasteiger partial charge >= 0.3 is 5.97 Å². The summed E-state index contributed by atoms with van der Waals surface area (Å²) < 4.78 is 32.5. The first-order valence-electron chi connectivity index (χ1n) is 10.5. The first kappa shape index (κ1) is 24.3. The molecule has 0 aliphatic carbocycles. The third-order valence-electron chi connectivity index (χ3n) is 6.12.